The van der Waals surface area contributed by atoms with Gasteiger partial charge in [-0.1, -0.05) is 0 Å². The first-order valence-corrected chi connectivity index (χ1v) is 5.07. The molecule has 1 saturated heterocycles. The minimum atomic E-state index is -0.765. The molecule has 0 aromatic carbocycles. The number of aromatic nitrogens is 2. The number of carboxylic acids is 1. The lowest BCUT2D eigenvalue weighted by Crippen LogP contribution is -2.31. The Morgan fingerprint density at radius 3 is 2.87 bits per heavy atom. The molecule has 5 heteroatoms. The van der Waals surface area contributed by atoms with Crippen LogP contribution in [-0.2, 0) is 11.8 Å². The average Bonchev–Trinajstić information content (AvgIpc) is 2.71. The Morgan fingerprint density at radius 2 is 2.40 bits per heavy atom. The normalized spacial score (nSPS) is 25.7. The van der Waals surface area contributed by atoms with Crippen molar-refractivity contribution >= 4 is 5.97 Å². The molecule has 1 aliphatic heterocycles. The van der Waals surface area contributed by atoms with E-state index in [2.05, 4.69) is 10.4 Å². The first-order valence-electron chi connectivity index (χ1n) is 5.07. The summed E-state index contributed by atoms with van der Waals surface area (Å²) >= 11 is 0. The zero-order valence-electron chi connectivity index (χ0n) is 8.90. The van der Waals surface area contributed by atoms with E-state index in [4.69, 9.17) is 5.11 Å². The second kappa shape index (κ2) is 3.66. The maximum atomic E-state index is 10.8. The number of nitrogens with zero attached hydrogens (tertiary/aromatic N) is 2. The van der Waals surface area contributed by atoms with Crippen LogP contribution in [0.3, 0.4) is 0 Å². The Bertz CT molecular complexity index is 386. The van der Waals surface area contributed by atoms with Gasteiger partial charge in [0.05, 0.1) is 5.69 Å². The summed E-state index contributed by atoms with van der Waals surface area (Å²) < 4.78 is 1.76. The third kappa shape index (κ3) is 1.87. The summed E-state index contributed by atoms with van der Waals surface area (Å²) in [6.45, 7) is 1.95. The summed E-state index contributed by atoms with van der Waals surface area (Å²) in [5, 5.41) is 16.2. The van der Waals surface area contributed by atoms with Crippen molar-refractivity contribution in [2.45, 2.75) is 31.8 Å². The van der Waals surface area contributed by atoms with E-state index in [1.807, 2.05) is 20.2 Å². The molecule has 1 fully saturated rings. The molecule has 2 rings (SSSR count). The van der Waals surface area contributed by atoms with Crippen molar-refractivity contribution in [2.75, 3.05) is 0 Å². The van der Waals surface area contributed by atoms with Gasteiger partial charge in [-0.25, -0.2) is 0 Å². The van der Waals surface area contributed by atoms with Gasteiger partial charge < -0.3 is 5.11 Å². The first-order chi connectivity index (χ1) is 7.08. The molecule has 2 atom stereocenters. The number of hydrogen-bond donors (Lipinski definition) is 2. The molecule has 5 nitrogen and oxygen atoms in total. The van der Waals surface area contributed by atoms with E-state index in [0.717, 1.165) is 17.7 Å². The molecular weight excluding hydrogens is 194 g/mol. The number of rotatable bonds is 2. The van der Waals surface area contributed by atoms with Crippen molar-refractivity contribution in [3.05, 3.63) is 17.5 Å². The predicted molar refractivity (Wildman–Crippen MR) is 54.5 cm³/mol. The molecule has 2 N–H and O–H groups in total. The van der Waals surface area contributed by atoms with Crippen molar-refractivity contribution in [2.24, 2.45) is 7.05 Å². The summed E-state index contributed by atoms with van der Waals surface area (Å²) in [6, 6.07) is -0.269. The van der Waals surface area contributed by atoms with Crippen LogP contribution in [0.25, 0.3) is 0 Å². The Kier molecular flexibility index (Phi) is 2.48. The largest absolute Gasteiger partial charge is 0.480 e. The van der Waals surface area contributed by atoms with E-state index in [9.17, 15) is 4.79 Å². The zero-order valence-corrected chi connectivity index (χ0v) is 8.90. The fourth-order valence-electron chi connectivity index (χ4n) is 2.14. The third-order valence-corrected chi connectivity index (χ3v) is 2.87. The molecule has 0 spiro atoms. The third-order valence-electron chi connectivity index (χ3n) is 2.87. The molecule has 82 valence electrons. The van der Waals surface area contributed by atoms with Crippen molar-refractivity contribution in [1.82, 2.24) is 15.1 Å². The minimum Gasteiger partial charge on any atom is -0.480 e. The zero-order chi connectivity index (χ0) is 11.0. The quantitative estimate of drug-likeness (QED) is 0.748. The lowest BCUT2D eigenvalue weighted by Gasteiger charge is -2.10. The summed E-state index contributed by atoms with van der Waals surface area (Å²) in [4.78, 5) is 10.8. The number of carbonyl (C=O) groups is 1. The standard InChI is InChI=1S/C10H15N3O2/c1-6-7(5-13(2)12-6)8-3-4-9(11-8)10(14)15/h5,8-9,11H,3-4H2,1-2H3,(H,14,15). The highest BCUT2D eigenvalue weighted by Crippen LogP contribution is 2.28. The van der Waals surface area contributed by atoms with Gasteiger partial charge in [0.1, 0.15) is 6.04 Å². The number of carboxylic acid groups (broad SMARTS) is 1. The first kappa shape index (κ1) is 10.2. The summed E-state index contributed by atoms with van der Waals surface area (Å²) in [5.74, 6) is -0.765. The van der Waals surface area contributed by atoms with Crippen molar-refractivity contribution < 1.29 is 9.90 Å². The Labute approximate surface area is 88.1 Å². The van der Waals surface area contributed by atoms with Crippen LogP contribution in [0.1, 0.15) is 30.1 Å². The topological polar surface area (TPSA) is 67.2 Å². The van der Waals surface area contributed by atoms with Crippen LogP contribution in [0.2, 0.25) is 0 Å². The fourth-order valence-corrected chi connectivity index (χ4v) is 2.14. The van der Waals surface area contributed by atoms with Gasteiger partial charge in [0.25, 0.3) is 0 Å². The Morgan fingerprint density at radius 1 is 1.67 bits per heavy atom. The van der Waals surface area contributed by atoms with Gasteiger partial charge in [-0.2, -0.15) is 5.10 Å². The highest BCUT2D eigenvalue weighted by Gasteiger charge is 2.31. The van der Waals surface area contributed by atoms with Crippen LogP contribution >= 0.6 is 0 Å². The van der Waals surface area contributed by atoms with Crippen molar-refractivity contribution in [3.8, 4) is 0 Å². The summed E-state index contributed by atoms with van der Waals surface area (Å²) in [6.07, 6.45) is 3.51. The minimum absolute atomic E-state index is 0.139. The second-order valence-corrected chi connectivity index (χ2v) is 4.03. The molecule has 1 aromatic rings. The molecule has 1 aromatic heterocycles. The van der Waals surface area contributed by atoms with Crippen LogP contribution in [0, 0.1) is 6.92 Å². The van der Waals surface area contributed by atoms with Gasteiger partial charge in [-0.3, -0.25) is 14.8 Å². The van der Waals surface area contributed by atoms with Crippen LogP contribution in [0.15, 0.2) is 6.20 Å². The van der Waals surface area contributed by atoms with E-state index in [1.54, 1.807) is 4.68 Å². The number of hydrogen-bond acceptors (Lipinski definition) is 3. The van der Waals surface area contributed by atoms with E-state index < -0.39 is 12.0 Å². The summed E-state index contributed by atoms with van der Waals surface area (Å²) in [7, 11) is 1.88. The molecule has 15 heavy (non-hydrogen) atoms. The molecular formula is C10H15N3O2. The molecule has 1 aliphatic rings. The van der Waals surface area contributed by atoms with E-state index in [-0.39, 0.29) is 6.04 Å². The van der Waals surface area contributed by atoms with Crippen LogP contribution in [0.5, 0.6) is 0 Å². The van der Waals surface area contributed by atoms with Crippen LogP contribution < -0.4 is 5.32 Å². The Hall–Kier alpha value is -1.36. The molecule has 2 unspecified atom stereocenters. The molecule has 2 heterocycles. The van der Waals surface area contributed by atoms with Gasteiger partial charge in [-0.05, 0) is 19.8 Å². The van der Waals surface area contributed by atoms with Crippen molar-refractivity contribution in [1.29, 1.82) is 0 Å². The van der Waals surface area contributed by atoms with E-state index >= 15 is 0 Å². The highest BCUT2D eigenvalue weighted by molar-refractivity contribution is 5.73. The van der Waals surface area contributed by atoms with Crippen molar-refractivity contribution in [3.63, 3.8) is 0 Å². The lowest BCUT2D eigenvalue weighted by atomic mass is 10.1. The smallest absolute Gasteiger partial charge is 0.320 e. The molecule has 0 bridgehead atoms. The fraction of sp³-hybridized carbons (Fsp3) is 0.600. The second-order valence-electron chi connectivity index (χ2n) is 4.03. The monoisotopic (exact) mass is 209 g/mol. The SMILES string of the molecule is Cc1nn(C)cc1C1CCC(C(=O)O)N1. The van der Waals surface area contributed by atoms with E-state index in [0.29, 0.717) is 6.42 Å². The van der Waals surface area contributed by atoms with Gasteiger partial charge in [0.2, 0.25) is 0 Å². The maximum Gasteiger partial charge on any atom is 0.320 e. The highest BCUT2D eigenvalue weighted by atomic mass is 16.4. The van der Waals surface area contributed by atoms with Gasteiger partial charge in [0, 0.05) is 24.8 Å². The molecule has 0 radical (unpaired) electrons. The van der Waals surface area contributed by atoms with Crippen LogP contribution in [0.4, 0.5) is 0 Å². The van der Waals surface area contributed by atoms with Gasteiger partial charge in [-0.15, -0.1) is 0 Å². The molecule has 0 saturated carbocycles. The Balaban J connectivity index is 2.14. The maximum absolute atomic E-state index is 10.8. The summed E-state index contributed by atoms with van der Waals surface area (Å²) in [5.41, 5.74) is 2.09. The predicted octanol–water partition coefficient (Wildman–Crippen LogP) is 0.606. The number of aliphatic carboxylic acids is 1. The average molecular weight is 209 g/mol. The molecule has 0 amide bonds. The number of nitrogens with one attached hydrogen (secondary N) is 1. The van der Waals surface area contributed by atoms with Gasteiger partial charge >= 0.3 is 5.97 Å². The molecule has 0 aliphatic carbocycles. The van der Waals surface area contributed by atoms with Crippen LogP contribution in [-0.4, -0.2) is 26.9 Å². The van der Waals surface area contributed by atoms with E-state index in [1.165, 1.54) is 0 Å². The van der Waals surface area contributed by atoms with Gasteiger partial charge in [0.15, 0.2) is 0 Å². The number of aryl methyl sites for hydroxylation is 2. The lowest BCUT2D eigenvalue weighted by molar-refractivity contribution is -0.139.